The molecule has 2 aromatic rings. The summed E-state index contributed by atoms with van der Waals surface area (Å²) in [7, 11) is 3.45. The van der Waals surface area contributed by atoms with Crippen LogP contribution in [-0.4, -0.2) is 39.4 Å². The highest BCUT2D eigenvalue weighted by Crippen LogP contribution is 2.14. The van der Waals surface area contributed by atoms with Gasteiger partial charge in [0.1, 0.15) is 5.75 Å². The smallest absolute Gasteiger partial charge is 0.191 e. The standard InChI is InChI=1S/C23H31N3O3/c1-24-23(26-16-19-6-4-8-22(14-19)27-2)25-15-18-5-3-7-20(13-18)17-29-21-9-11-28-12-10-21/h3-8,13-14,21H,9-12,15-17H2,1-2H3,(H2,24,25,26). The Morgan fingerprint density at radius 2 is 1.66 bits per heavy atom. The van der Waals surface area contributed by atoms with Gasteiger partial charge < -0.3 is 24.8 Å². The molecule has 0 unspecified atom stereocenters. The van der Waals surface area contributed by atoms with E-state index >= 15 is 0 Å². The molecule has 2 N–H and O–H groups in total. The Morgan fingerprint density at radius 3 is 2.34 bits per heavy atom. The fraction of sp³-hybridized carbons (Fsp3) is 0.435. The second kappa shape index (κ2) is 11.4. The summed E-state index contributed by atoms with van der Waals surface area (Å²) in [6.45, 7) is 3.62. The monoisotopic (exact) mass is 397 g/mol. The van der Waals surface area contributed by atoms with E-state index in [2.05, 4.69) is 46.0 Å². The molecule has 1 aliphatic rings. The highest BCUT2D eigenvalue weighted by molar-refractivity contribution is 5.79. The molecule has 0 radical (unpaired) electrons. The quantitative estimate of drug-likeness (QED) is 0.529. The third kappa shape index (κ3) is 7.07. The minimum Gasteiger partial charge on any atom is -0.497 e. The molecule has 0 amide bonds. The van der Waals surface area contributed by atoms with Crippen molar-refractivity contribution in [1.82, 2.24) is 10.6 Å². The van der Waals surface area contributed by atoms with Gasteiger partial charge >= 0.3 is 0 Å². The molecule has 6 nitrogen and oxygen atoms in total. The Bertz CT molecular complexity index is 788. The highest BCUT2D eigenvalue weighted by Gasteiger charge is 2.14. The van der Waals surface area contributed by atoms with Crippen LogP contribution in [0.15, 0.2) is 53.5 Å². The second-order valence-electron chi connectivity index (χ2n) is 7.07. The summed E-state index contributed by atoms with van der Waals surface area (Å²) in [4.78, 5) is 4.31. The van der Waals surface area contributed by atoms with E-state index < -0.39 is 0 Å². The zero-order valence-electron chi connectivity index (χ0n) is 17.3. The number of aliphatic imine (C=N–C) groups is 1. The number of guanidine groups is 1. The van der Waals surface area contributed by atoms with Crippen LogP contribution in [0.1, 0.15) is 29.5 Å². The number of benzene rings is 2. The Kier molecular flexibility index (Phi) is 8.34. The van der Waals surface area contributed by atoms with E-state index in [1.165, 1.54) is 11.1 Å². The first-order valence-corrected chi connectivity index (χ1v) is 10.1. The van der Waals surface area contributed by atoms with E-state index in [1.807, 2.05) is 18.2 Å². The van der Waals surface area contributed by atoms with Gasteiger partial charge in [-0.05, 0) is 41.7 Å². The van der Waals surface area contributed by atoms with Crippen LogP contribution in [0.25, 0.3) is 0 Å². The lowest BCUT2D eigenvalue weighted by Crippen LogP contribution is -2.36. The van der Waals surface area contributed by atoms with Gasteiger partial charge in [-0.3, -0.25) is 4.99 Å². The van der Waals surface area contributed by atoms with Crippen LogP contribution in [0.5, 0.6) is 5.75 Å². The van der Waals surface area contributed by atoms with Crippen LogP contribution in [-0.2, 0) is 29.2 Å². The van der Waals surface area contributed by atoms with E-state index in [-0.39, 0.29) is 0 Å². The molecule has 6 heteroatoms. The van der Waals surface area contributed by atoms with Crippen molar-refractivity contribution < 1.29 is 14.2 Å². The fourth-order valence-electron chi connectivity index (χ4n) is 3.26. The van der Waals surface area contributed by atoms with Crippen molar-refractivity contribution in [3.8, 4) is 5.75 Å². The predicted molar refractivity (Wildman–Crippen MR) is 115 cm³/mol. The van der Waals surface area contributed by atoms with Crippen LogP contribution in [0.4, 0.5) is 0 Å². The van der Waals surface area contributed by atoms with Crippen molar-refractivity contribution in [2.75, 3.05) is 27.4 Å². The number of nitrogens with one attached hydrogen (secondary N) is 2. The Balaban J connectivity index is 1.46. The van der Waals surface area contributed by atoms with Crippen LogP contribution in [0.3, 0.4) is 0 Å². The number of ether oxygens (including phenoxy) is 3. The lowest BCUT2D eigenvalue weighted by molar-refractivity contribution is -0.0390. The maximum Gasteiger partial charge on any atom is 0.191 e. The Labute approximate surface area is 173 Å². The molecule has 0 saturated carbocycles. The van der Waals surface area contributed by atoms with Crippen molar-refractivity contribution in [1.29, 1.82) is 0 Å². The fourth-order valence-corrected chi connectivity index (χ4v) is 3.26. The van der Waals surface area contributed by atoms with E-state index in [0.29, 0.717) is 25.8 Å². The normalized spacial score (nSPS) is 15.2. The van der Waals surface area contributed by atoms with Crippen LogP contribution < -0.4 is 15.4 Å². The summed E-state index contributed by atoms with van der Waals surface area (Å²) in [5.41, 5.74) is 3.53. The average Bonchev–Trinajstić information content (AvgIpc) is 2.79. The van der Waals surface area contributed by atoms with E-state index in [4.69, 9.17) is 14.2 Å². The van der Waals surface area contributed by atoms with Crippen molar-refractivity contribution in [2.24, 2.45) is 4.99 Å². The summed E-state index contributed by atoms with van der Waals surface area (Å²) in [5, 5.41) is 6.70. The summed E-state index contributed by atoms with van der Waals surface area (Å²) in [6, 6.07) is 16.5. The summed E-state index contributed by atoms with van der Waals surface area (Å²) in [5.74, 6) is 1.61. The zero-order valence-corrected chi connectivity index (χ0v) is 17.3. The third-order valence-corrected chi connectivity index (χ3v) is 4.92. The number of hydrogen-bond acceptors (Lipinski definition) is 4. The molecular weight excluding hydrogens is 366 g/mol. The minimum absolute atomic E-state index is 0.310. The molecule has 0 spiro atoms. The highest BCUT2D eigenvalue weighted by atomic mass is 16.5. The first-order valence-electron chi connectivity index (χ1n) is 10.1. The Hall–Kier alpha value is -2.57. The average molecular weight is 398 g/mol. The first kappa shape index (κ1) is 21.1. The zero-order chi connectivity index (χ0) is 20.3. The van der Waals surface area contributed by atoms with Gasteiger partial charge in [-0.25, -0.2) is 0 Å². The SMILES string of the molecule is CN=C(NCc1cccc(COC2CCOCC2)c1)NCc1cccc(OC)c1. The van der Waals surface area contributed by atoms with Gasteiger partial charge in [0, 0.05) is 33.4 Å². The van der Waals surface area contributed by atoms with Gasteiger partial charge in [0.05, 0.1) is 19.8 Å². The first-order chi connectivity index (χ1) is 14.3. The number of rotatable bonds is 8. The maximum atomic E-state index is 6.03. The lowest BCUT2D eigenvalue weighted by atomic mass is 10.1. The van der Waals surface area contributed by atoms with Gasteiger partial charge in [0.2, 0.25) is 0 Å². The molecule has 2 aromatic carbocycles. The summed E-state index contributed by atoms with van der Waals surface area (Å²) >= 11 is 0. The molecular formula is C23H31N3O3. The van der Waals surface area contributed by atoms with Crippen molar-refractivity contribution in [3.63, 3.8) is 0 Å². The molecule has 29 heavy (non-hydrogen) atoms. The van der Waals surface area contributed by atoms with Crippen LogP contribution in [0.2, 0.25) is 0 Å². The van der Waals surface area contributed by atoms with Gasteiger partial charge in [0.15, 0.2) is 5.96 Å². The molecule has 0 aliphatic carbocycles. The third-order valence-electron chi connectivity index (χ3n) is 4.92. The van der Waals surface area contributed by atoms with Gasteiger partial charge in [0.25, 0.3) is 0 Å². The van der Waals surface area contributed by atoms with E-state index in [9.17, 15) is 0 Å². The molecule has 1 fully saturated rings. The molecule has 1 aliphatic heterocycles. The molecule has 0 aromatic heterocycles. The van der Waals surface area contributed by atoms with Gasteiger partial charge in [-0.1, -0.05) is 36.4 Å². The molecule has 0 bridgehead atoms. The summed E-state index contributed by atoms with van der Waals surface area (Å²) in [6.07, 6.45) is 2.28. The molecule has 1 heterocycles. The van der Waals surface area contributed by atoms with Crippen LogP contribution in [0, 0.1) is 0 Å². The largest absolute Gasteiger partial charge is 0.497 e. The Morgan fingerprint density at radius 1 is 1.00 bits per heavy atom. The molecule has 156 valence electrons. The molecule has 0 atom stereocenters. The topological polar surface area (TPSA) is 64.1 Å². The molecule has 1 saturated heterocycles. The van der Waals surface area contributed by atoms with Crippen molar-refractivity contribution in [2.45, 2.75) is 38.6 Å². The van der Waals surface area contributed by atoms with Crippen molar-refractivity contribution in [3.05, 3.63) is 65.2 Å². The number of methoxy groups -OCH3 is 1. The van der Waals surface area contributed by atoms with E-state index in [1.54, 1.807) is 14.2 Å². The van der Waals surface area contributed by atoms with Crippen LogP contribution >= 0.6 is 0 Å². The summed E-state index contributed by atoms with van der Waals surface area (Å²) < 4.78 is 16.7. The lowest BCUT2D eigenvalue weighted by Gasteiger charge is -2.22. The van der Waals surface area contributed by atoms with Crippen molar-refractivity contribution >= 4 is 5.96 Å². The number of nitrogens with zero attached hydrogens (tertiary/aromatic N) is 1. The minimum atomic E-state index is 0.310. The van der Waals surface area contributed by atoms with Gasteiger partial charge in [-0.2, -0.15) is 0 Å². The maximum absolute atomic E-state index is 6.03. The molecule has 3 rings (SSSR count). The number of hydrogen-bond donors (Lipinski definition) is 2. The van der Waals surface area contributed by atoms with E-state index in [0.717, 1.165) is 43.3 Å². The van der Waals surface area contributed by atoms with Gasteiger partial charge in [-0.15, -0.1) is 0 Å². The predicted octanol–water partition coefficient (Wildman–Crippen LogP) is 3.26. The second-order valence-corrected chi connectivity index (χ2v) is 7.07.